The van der Waals surface area contributed by atoms with Gasteiger partial charge in [-0.2, -0.15) is 0 Å². The van der Waals surface area contributed by atoms with E-state index in [1.54, 1.807) is 0 Å². The number of phosphoric acid groups is 1. The van der Waals surface area contributed by atoms with Gasteiger partial charge >= 0.3 is 7.82 Å². The zero-order chi connectivity index (χ0) is 20.9. The van der Waals surface area contributed by atoms with Gasteiger partial charge in [0.25, 0.3) is 6.47 Å². The Bertz CT molecular complexity index is 443. The van der Waals surface area contributed by atoms with E-state index in [1.807, 2.05) is 0 Å². The number of aliphatic hydroxyl groups is 4. The van der Waals surface area contributed by atoms with Gasteiger partial charge < -0.3 is 39.9 Å². The summed E-state index contributed by atoms with van der Waals surface area (Å²) in [5.74, 6) is 0.972. The van der Waals surface area contributed by atoms with E-state index in [9.17, 15) is 19.9 Å². The average molecular weight is 456 g/mol. The maximum Gasteiger partial charge on any atom is 0.471 e. The van der Waals surface area contributed by atoms with E-state index >= 15 is 0 Å². The second kappa shape index (κ2) is 15.0. The minimum atomic E-state index is -3.94. The zero-order valence-electron chi connectivity index (χ0n) is 14.4. The van der Waals surface area contributed by atoms with E-state index in [1.165, 1.54) is 21.6 Å². The molecule has 1 aliphatic rings. The molecule has 162 valence electrons. The third-order valence-electron chi connectivity index (χ3n) is 3.03. The number of ether oxygens (including phenoxy) is 2. The van der Waals surface area contributed by atoms with E-state index in [2.05, 4.69) is 9.05 Å². The Morgan fingerprint density at radius 1 is 1.11 bits per heavy atom. The van der Waals surface area contributed by atoms with Gasteiger partial charge in [0, 0.05) is 18.6 Å². The van der Waals surface area contributed by atoms with Crippen LogP contribution in [0.1, 0.15) is 0 Å². The highest BCUT2D eigenvalue weighted by molar-refractivity contribution is 8.76. The van der Waals surface area contributed by atoms with Crippen LogP contribution in [-0.4, -0.2) is 106 Å². The van der Waals surface area contributed by atoms with Crippen LogP contribution in [0, 0.1) is 0 Å². The largest absolute Gasteiger partial charge is 0.483 e. The van der Waals surface area contributed by atoms with Crippen molar-refractivity contribution in [3.8, 4) is 0 Å². The lowest BCUT2D eigenvalue weighted by atomic mass is 9.99. The Morgan fingerprint density at radius 3 is 2.19 bits per heavy atom. The molecule has 6 N–H and O–H groups in total. The Balaban J connectivity index is 0.00000210. The van der Waals surface area contributed by atoms with Crippen molar-refractivity contribution in [2.45, 2.75) is 30.7 Å². The number of carbonyl (C=O) groups is 1. The summed E-state index contributed by atoms with van der Waals surface area (Å²) in [7, 11) is -0.0548. The van der Waals surface area contributed by atoms with Gasteiger partial charge in [-0.25, -0.2) is 4.57 Å². The second-order valence-electron chi connectivity index (χ2n) is 4.80. The van der Waals surface area contributed by atoms with E-state index in [0.29, 0.717) is 11.5 Å². The predicted octanol–water partition coefficient (Wildman–Crippen LogP) is -1.35. The molecule has 15 heteroatoms. The fraction of sp³-hybridized carbons (Fsp3) is 0.917. The number of rotatable bonds is 11. The SMILES string of the molecule is COP(=O)(O)OCCSSCCO[C@@H]1O[C@H](CO)[C@@H](O)[C@H](O)[C@H]1O.O=CO. The molecule has 0 aliphatic carbocycles. The van der Waals surface area contributed by atoms with Crippen molar-refractivity contribution >= 4 is 35.9 Å². The van der Waals surface area contributed by atoms with Gasteiger partial charge in [0.1, 0.15) is 24.4 Å². The quantitative estimate of drug-likeness (QED) is 0.0924. The first-order valence-electron chi connectivity index (χ1n) is 7.51. The minimum absolute atomic E-state index is 0.0485. The smallest absolute Gasteiger partial charge is 0.471 e. The number of carboxylic acid groups (broad SMARTS) is 1. The molecule has 27 heavy (non-hydrogen) atoms. The lowest BCUT2D eigenvalue weighted by molar-refractivity contribution is -0.299. The standard InChI is InChI=1S/C11H23O10PS2.CH2O2/c1-18-22(16,17)20-3-5-24-23-4-2-19-11-10(15)9(14)8(13)7(6-12)21-11;2-1-3/h7-15H,2-6H2,1H3,(H,16,17);1H,(H,2,3)/t7-,8-,9+,10-,11-;/m1./s1. The molecular formula is C12H25O12PS2. The summed E-state index contributed by atoms with van der Waals surface area (Å²) in [6.45, 7) is -0.518. The Kier molecular flexibility index (Phi) is 15.0. The molecular weight excluding hydrogens is 431 g/mol. The van der Waals surface area contributed by atoms with Crippen LogP contribution in [0.5, 0.6) is 0 Å². The van der Waals surface area contributed by atoms with Crippen LogP contribution < -0.4 is 0 Å². The summed E-state index contributed by atoms with van der Waals surface area (Å²) >= 11 is 0. The molecule has 0 aromatic rings. The number of hydrogen-bond donors (Lipinski definition) is 6. The van der Waals surface area contributed by atoms with Crippen molar-refractivity contribution in [1.29, 1.82) is 0 Å². The first kappa shape index (κ1) is 27.0. The van der Waals surface area contributed by atoms with Crippen LogP contribution in [0.15, 0.2) is 0 Å². The summed E-state index contributed by atoms with van der Waals surface area (Å²) in [6, 6.07) is 0. The number of phosphoric ester groups is 1. The molecule has 1 saturated heterocycles. The maximum absolute atomic E-state index is 11.0. The number of hydrogen-bond acceptors (Lipinski definition) is 12. The van der Waals surface area contributed by atoms with Crippen LogP contribution in [0.25, 0.3) is 0 Å². The van der Waals surface area contributed by atoms with E-state index in [0.717, 1.165) is 7.11 Å². The summed E-state index contributed by atoms with van der Waals surface area (Å²) < 4.78 is 30.4. The molecule has 1 rings (SSSR count). The Morgan fingerprint density at radius 2 is 1.67 bits per heavy atom. The summed E-state index contributed by atoms with van der Waals surface area (Å²) in [5.41, 5.74) is 0. The predicted molar refractivity (Wildman–Crippen MR) is 96.1 cm³/mol. The highest BCUT2D eigenvalue weighted by Crippen LogP contribution is 2.42. The summed E-state index contributed by atoms with van der Waals surface area (Å²) in [6.07, 6.45) is -6.43. The van der Waals surface area contributed by atoms with Crippen LogP contribution in [0.4, 0.5) is 0 Å². The lowest BCUT2D eigenvalue weighted by Crippen LogP contribution is -2.59. The van der Waals surface area contributed by atoms with Crippen molar-refractivity contribution in [1.82, 2.24) is 0 Å². The highest BCUT2D eigenvalue weighted by atomic mass is 33.1. The molecule has 0 bridgehead atoms. The van der Waals surface area contributed by atoms with Crippen LogP contribution >= 0.6 is 29.4 Å². The van der Waals surface area contributed by atoms with Crippen molar-refractivity contribution in [2.75, 3.05) is 38.4 Å². The molecule has 0 saturated carbocycles. The van der Waals surface area contributed by atoms with Crippen molar-refractivity contribution in [3.63, 3.8) is 0 Å². The summed E-state index contributed by atoms with van der Waals surface area (Å²) in [4.78, 5) is 17.4. The van der Waals surface area contributed by atoms with E-state index in [-0.39, 0.29) is 19.7 Å². The zero-order valence-corrected chi connectivity index (χ0v) is 16.9. The van der Waals surface area contributed by atoms with Gasteiger partial charge in [-0.3, -0.25) is 13.8 Å². The fourth-order valence-corrected chi connectivity index (χ4v) is 3.98. The van der Waals surface area contributed by atoms with E-state index in [4.69, 9.17) is 29.4 Å². The Labute approximate surface area is 163 Å². The molecule has 0 radical (unpaired) electrons. The fourth-order valence-electron chi connectivity index (χ4n) is 1.76. The summed E-state index contributed by atoms with van der Waals surface area (Å²) in [5, 5.41) is 44.9. The molecule has 1 aliphatic heterocycles. The van der Waals surface area contributed by atoms with Gasteiger partial charge in [-0.1, -0.05) is 21.6 Å². The van der Waals surface area contributed by atoms with Gasteiger partial charge in [0.05, 0.1) is 19.8 Å². The first-order chi connectivity index (χ1) is 12.7. The van der Waals surface area contributed by atoms with Crippen LogP contribution in [-0.2, 0) is 27.9 Å². The molecule has 0 aromatic heterocycles. The average Bonchev–Trinajstić information content (AvgIpc) is 2.64. The van der Waals surface area contributed by atoms with Crippen molar-refractivity contribution < 1.29 is 58.3 Å². The minimum Gasteiger partial charge on any atom is -0.483 e. The molecule has 0 spiro atoms. The first-order valence-corrected chi connectivity index (χ1v) is 11.5. The second-order valence-corrected chi connectivity index (χ2v) is 9.06. The van der Waals surface area contributed by atoms with Gasteiger partial charge in [-0.15, -0.1) is 0 Å². The third-order valence-corrected chi connectivity index (χ3v) is 6.34. The number of aliphatic hydroxyl groups excluding tert-OH is 4. The third kappa shape index (κ3) is 11.0. The van der Waals surface area contributed by atoms with Gasteiger partial charge in [0.2, 0.25) is 0 Å². The monoisotopic (exact) mass is 456 g/mol. The van der Waals surface area contributed by atoms with Gasteiger partial charge in [-0.05, 0) is 0 Å². The molecule has 0 amide bonds. The van der Waals surface area contributed by atoms with Crippen molar-refractivity contribution in [2.24, 2.45) is 0 Å². The van der Waals surface area contributed by atoms with Gasteiger partial charge in [0.15, 0.2) is 6.29 Å². The molecule has 6 atom stereocenters. The van der Waals surface area contributed by atoms with E-state index < -0.39 is 45.1 Å². The van der Waals surface area contributed by atoms with Crippen molar-refractivity contribution in [3.05, 3.63) is 0 Å². The lowest BCUT2D eigenvalue weighted by Gasteiger charge is -2.39. The molecule has 0 aromatic carbocycles. The molecule has 1 unspecified atom stereocenters. The molecule has 1 fully saturated rings. The Hall–Kier alpha value is 0.0400. The topological polar surface area (TPSA) is 192 Å². The normalized spacial score (nSPS) is 30.1. The molecule has 12 nitrogen and oxygen atoms in total. The van der Waals surface area contributed by atoms with Crippen LogP contribution in [0.2, 0.25) is 0 Å². The molecule has 1 heterocycles. The maximum atomic E-state index is 11.0. The van der Waals surface area contributed by atoms with Crippen LogP contribution in [0.3, 0.4) is 0 Å². The highest BCUT2D eigenvalue weighted by Gasteiger charge is 2.43.